The van der Waals surface area contributed by atoms with Crippen molar-refractivity contribution in [2.45, 2.75) is 46.1 Å². The average Bonchev–Trinajstić information content (AvgIpc) is 3.20. The minimum Gasteiger partial charge on any atom is -0.507 e. The van der Waals surface area contributed by atoms with Gasteiger partial charge >= 0.3 is 0 Å². The number of rotatable bonds is 5. The first kappa shape index (κ1) is 23.2. The second kappa shape index (κ2) is 8.60. The Kier molecular flexibility index (Phi) is 6.44. The van der Waals surface area contributed by atoms with E-state index in [9.17, 15) is 14.7 Å². The fourth-order valence-corrected chi connectivity index (χ4v) is 4.89. The highest BCUT2D eigenvalue weighted by Gasteiger charge is 2.47. The number of aryl methyl sites for hydroxylation is 2. The summed E-state index contributed by atoms with van der Waals surface area (Å²) in [5.74, 6) is -1.26. The molecule has 0 aliphatic carbocycles. The summed E-state index contributed by atoms with van der Waals surface area (Å²) < 4.78 is 0. The van der Waals surface area contributed by atoms with E-state index in [1.54, 1.807) is 4.90 Å². The van der Waals surface area contributed by atoms with Crippen molar-refractivity contribution in [3.63, 3.8) is 0 Å². The number of carbonyl (C=O) groups excluding carboxylic acids is 2. The number of aliphatic hydroxyl groups is 1. The highest BCUT2D eigenvalue weighted by atomic mass is 32.1. The van der Waals surface area contributed by atoms with E-state index in [1.165, 1.54) is 11.3 Å². The molecule has 5 nitrogen and oxygen atoms in total. The van der Waals surface area contributed by atoms with Gasteiger partial charge in [-0.05, 0) is 67.6 Å². The van der Waals surface area contributed by atoms with Gasteiger partial charge in [0, 0.05) is 23.5 Å². The highest BCUT2D eigenvalue weighted by molar-refractivity contribution is 7.10. The van der Waals surface area contributed by atoms with Gasteiger partial charge in [-0.15, -0.1) is 11.3 Å². The van der Waals surface area contributed by atoms with Crippen LogP contribution in [0, 0.1) is 13.8 Å². The first-order chi connectivity index (χ1) is 14.4. The zero-order valence-corrected chi connectivity index (χ0v) is 20.3. The number of ketones is 1. The van der Waals surface area contributed by atoms with Crippen molar-refractivity contribution in [2.75, 3.05) is 27.2 Å². The lowest BCUT2D eigenvalue weighted by Gasteiger charge is -2.26. The number of carbonyl (C=O) groups is 2. The van der Waals surface area contributed by atoms with Crippen molar-refractivity contribution >= 4 is 28.8 Å². The summed E-state index contributed by atoms with van der Waals surface area (Å²) in [4.78, 5) is 30.7. The van der Waals surface area contributed by atoms with Crippen LogP contribution in [0.3, 0.4) is 0 Å². The van der Waals surface area contributed by atoms with E-state index in [0.29, 0.717) is 18.7 Å². The zero-order valence-electron chi connectivity index (χ0n) is 19.4. The molecule has 1 atom stereocenters. The molecule has 1 aliphatic rings. The molecule has 1 amide bonds. The normalized spacial score (nSPS) is 19.0. The molecule has 2 heterocycles. The number of hydrogen-bond acceptors (Lipinski definition) is 5. The topological polar surface area (TPSA) is 60.9 Å². The van der Waals surface area contributed by atoms with E-state index < -0.39 is 17.7 Å². The van der Waals surface area contributed by atoms with Gasteiger partial charge < -0.3 is 14.9 Å². The molecule has 1 aromatic heterocycles. The number of benzene rings is 1. The Hall–Kier alpha value is -2.44. The second-order valence-corrected chi connectivity index (χ2v) is 10.5. The minimum absolute atomic E-state index is 0.0906. The number of hydrogen-bond donors (Lipinski definition) is 1. The molecule has 0 spiro atoms. The fraction of sp³-hybridized carbons (Fsp3) is 0.440. The van der Waals surface area contributed by atoms with Crippen LogP contribution >= 0.6 is 11.3 Å². The summed E-state index contributed by atoms with van der Waals surface area (Å²) in [6, 6.07) is 7.36. The maximum Gasteiger partial charge on any atom is 0.295 e. The lowest BCUT2D eigenvalue weighted by atomic mass is 9.84. The largest absolute Gasteiger partial charge is 0.507 e. The summed E-state index contributed by atoms with van der Waals surface area (Å²) in [5, 5.41) is 13.4. The van der Waals surface area contributed by atoms with Crippen LogP contribution in [0.25, 0.3) is 5.76 Å². The average molecular weight is 441 g/mol. The van der Waals surface area contributed by atoms with E-state index >= 15 is 0 Å². The molecule has 2 aromatic rings. The van der Waals surface area contributed by atoms with Gasteiger partial charge in [0.1, 0.15) is 5.76 Å². The van der Waals surface area contributed by atoms with Crippen molar-refractivity contribution in [3.8, 4) is 0 Å². The Morgan fingerprint density at radius 3 is 2.35 bits per heavy atom. The Bertz CT molecular complexity index is 1040. The molecule has 1 N–H and O–H groups in total. The Morgan fingerprint density at radius 2 is 1.81 bits per heavy atom. The molecule has 0 radical (unpaired) electrons. The van der Waals surface area contributed by atoms with Gasteiger partial charge in [0.25, 0.3) is 11.7 Å². The minimum atomic E-state index is -0.616. The summed E-state index contributed by atoms with van der Waals surface area (Å²) in [5.41, 5.74) is 3.63. The Labute approximate surface area is 189 Å². The van der Waals surface area contributed by atoms with Crippen molar-refractivity contribution in [1.82, 2.24) is 9.80 Å². The van der Waals surface area contributed by atoms with E-state index in [4.69, 9.17) is 0 Å². The SMILES string of the molecule is Cc1ccc(C(C)(C)C)cc1/C(O)=C1\C(=O)C(=O)N(CCN(C)C)C1c1sccc1C. The maximum atomic E-state index is 13.2. The van der Waals surface area contributed by atoms with Crippen molar-refractivity contribution in [3.05, 3.63) is 62.3 Å². The highest BCUT2D eigenvalue weighted by Crippen LogP contribution is 2.43. The van der Waals surface area contributed by atoms with E-state index in [-0.39, 0.29) is 16.7 Å². The maximum absolute atomic E-state index is 13.2. The molecular formula is C25H32N2O3S. The third-order valence-corrected chi connectivity index (χ3v) is 6.91. The van der Waals surface area contributed by atoms with Crippen LogP contribution in [0.1, 0.15) is 53.9 Å². The zero-order chi connectivity index (χ0) is 23.1. The monoisotopic (exact) mass is 440 g/mol. The molecule has 1 aliphatic heterocycles. The van der Waals surface area contributed by atoms with E-state index in [0.717, 1.165) is 21.6 Å². The van der Waals surface area contributed by atoms with Crippen LogP contribution in [0.4, 0.5) is 0 Å². The number of thiophene rings is 1. The standard InChI is InChI=1S/C25H32N2O3S/c1-15-8-9-17(25(3,4)5)14-18(15)21(28)19-20(23-16(2)10-13-31-23)27(12-11-26(6)7)24(30)22(19)29/h8-10,13-14,20,28H,11-12H2,1-7H3/b21-19+. The Morgan fingerprint density at radius 1 is 1.13 bits per heavy atom. The quantitative estimate of drug-likeness (QED) is 0.418. The second-order valence-electron chi connectivity index (χ2n) is 9.54. The third kappa shape index (κ3) is 4.46. The number of aliphatic hydroxyl groups excluding tert-OH is 1. The summed E-state index contributed by atoms with van der Waals surface area (Å²) in [7, 11) is 3.87. The van der Waals surface area contributed by atoms with Gasteiger partial charge in [0.15, 0.2) is 0 Å². The first-order valence-electron chi connectivity index (χ1n) is 10.5. The molecule has 0 bridgehead atoms. The fourth-order valence-electron chi connectivity index (χ4n) is 3.84. The smallest absolute Gasteiger partial charge is 0.295 e. The number of likely N-dealkylation sites (tertiary alicyclic amines) is 1. The molecule has 166 valence electrons. The Balaban J connectivity index is 2.21. The van der Waals surface area contributed by atoms with Crippen molar-refractivity contribution < 1.29 is 14.7 Å². The lowest BCUT2D eigenvalue weighted by Crippen LogP contribution is -2.35. The predicted octanol–water partition coefficient (Wildman–Crippen LogP) is 4.65. The lowest BCUT2D eigenvalue weighted by molar-refractivity contribution is -0.140. The van der Waals surface area contributed by atoms with Gasteiger partial charge in [-0.25, -0.2) is 0 Å². The molecule has 6 heteroatoms. The van der Waals surface area contributed by atoms with Crippen LogP contribution in [0.15, 0.2) is 35.2 Å². The van der Waals surface area contributed by atoms with Gasteiger partial charge in [-0.2, -0.15) is 0 Å². The van der Waals surface area contributed by atoms with Crippen molar-refractivity contribution in [2.24, 2.45) is 0 Å². The predicted molar refractivity (Wildman–Crippen MR) is 126 cm³/mol. The number of nitrogens with zero attached hydrogens (tertiary/aromatic N) is 2. The van der Waals surface area contributed by atoms with Crippen LogP contribution in [0.2, 0.25) is 0 Å². The molecule has 1 unspecified atom stereocenters. The number of likely N-dealkylation sites (N-methyl/N-ethyl adjacent to an activating group) is 1. The number of Topliss-reactive ketones (excluding diaryl/α,β-unsaturated/α-hetero) is 1. The third-order valence-electron chi connectivity index (χ3n) is 5.84. The molecule has 1 saturated heterocycles. The van der Waals surface area contributed by atoms with Gasteiger partial charge in [0.2, 0.25) is 0 Å². The molecule has 1 fully saturated rings. The molecule has 31 heavy (non-hydrogen) atoms. The molecule has 3 rings (SSSR count). The van der Waals surface area contributed by atoms with E-state index in [1.807, 2.05) is 62.5 Å². The number of amides is 1. The van der Waals surface area contributed by atoms with Crippen molar-refractivity contribution in [1.29, 1.82) is 0 Å². The van der Waals surface area contributed by atoms with Gasteiger partial charge in [-0.1, -0.05) is 32.9 Å². The first-order valence-corrected chi connectivity index (χ1v) is 11.4. The summed E-state index contributed by atoms with van der Waals surface area (Å²) in [6.07, 6.45) is 0. The summed E-state index contributed by atoms with van der Waals surface area (Å²) >= 11 is 1.51. The molecule has 1 aromatic carbocycles. The van der Waals surface area contributed by atoms with Gasteiger partial charge in [-0.3, -0.25) is 9.59 Å². The van der Waals surface area contributed by atoms with Crippen LogP contribution in [0.5, 0.6) is 0 Å². The van der Waals surface area contributed by atoms with Crippen LogP contribution in [-0.2, 0) is 15.0 Å². The molecular weight excluding hydrogens is 408 g/mol. The van der Waals surface area contributed by atoms with Crippen LogP contribution in [-0.4, -0.2) is 53.8 Å². The summed E-state index contributed by atoms with van der Waals surface area (Å²) in [6.45, 7) is 11.3. The van der Waals surface area contributed by atoms with E-state index in [2.05, 4.69) is 20.8 Å². The van der Waals surface area contributed by atoms with Crippen LogP contribution < -0.4 is 0 Å². The molecule has 0 saturated carbocycles. The van der Waals surface area contributed by atoms with Gasteiger partial charge in [0.05, 0.1) is 11.6 Å².